The third-order valence-corrected chi connectivity index (χ3v) is 1.59. The predicted molar refractivity (Wildman–Crippen MR) is 54.4 cm³/mol. The van der Waals surface area contributed by atoms with E-state index in [1.807, 2.05) is 6.92 Å². The molecule has 0 saturated carbocycles. The third-order valence-electron chi connectivity index (χ3n) is 1.59. The number of phenols is 1. The van der Waals surface area contributed by atoms with Crippen molar-refractivity contribution in [2.75, 3.05) is 0 Å². The van der Waals surface area contributed by atoms with E-state index in [1.165, 1.54) is 12.1 Å². The van der Waals surface area contributed by atoms with Crippen LogP contribution in [0, 0.1) is 0 Å². The van der Waals surface area contributed by atoms with E-state index >= 15 is 0 Å². The van der Waals surface area contributed by atoms with Crippen molar-refractivity contribution in [1.29, 1.82) is 0 Å². The summed E-state index contributed by atoms with van der Waals surface area (Å²) < 4.78 is 0. The van der Waals surface area contributed by atoms with Crippen molar-refractivity contribution >= 4 is 12.1 Å². The Morgan fingerprint density at radius 3 is 2.93 bits per heavy atom. The lowest BCUT2D eigenvalue weighted by Gasteiger charge is -2.01. The lowest BCUT2D eigenvalue weighted by Crippen LogP contribution is -2.17. The van der Waals surface area contributed by atoms with Crippen LogP contribution < -0.4 is 5.43 Å². The van der Waals surface area contributed by atoms with Crippen LogP contribution in [-0.2, 0) is 0 Å². The topological polar surface area (TPSA) is 61.7 Å². The first-order valence-electron chi connectivity index (χ1n) is 4.35. The van der Waals surface area contributed by atoms with Crippen LogP contribution in [0.4, 0.5) is 0 Å². The van der Waals surface area contributed by atoms with Crippen LogP contribution in [-0.4, -0.2) is 17.2 Å². The van der Waals surface area contributed by atoms with E-state index < -0.39 is 5.91 Å². The minimum atomic E-state index is -0.409. The van der Waals surface area contributed by atoms with Gasteiger partial charge in [-0.2, -0.15) is 5.10 Å². The van der Waals surface area contributed by atoms with Crippen LogP contribution in [0.1, 0.15) is 23.7 Å². The number of rotatable bonds is 3. The van der Waals surface area contributed by atoms with Crippen molar-refractivity contribution in [3.8, 4) is 5.75 Å². The molecule has 0 aromatic heterocycles. The molecule has 1 aromatic carbocycles. The fourth-order valence-corrected chi connectivity index (χ4v) is 0.921. The number of carbonyl (C=O) groups excluding carboxylic acids is 1. The number of hydrogen-bond acceptors (Lipinski definition) is 3. The Labute approximate surface area is 82.3 Å². The standard InChI is InChI=1S/C10H12N2O2/c1-2-7-11-12-10(14)8-5-3-4-6-9(8)13/h3-7,13H,2H2,1H3,(H,12,14)/b11-7+. The molecule has 2 N–H and O–H groups in total. The number of nitrogens with zero attached hydrogens (tertiary/aromatic N) is 1. The van der Waals surface area contributed by atoms with Gasteiger partial charge < -0.3 is 5.11 Å². The Bertz CT molecular complexity index is 348. The number of hydrogen-bond donors (Lipinski definition) is 2. The highest BCUT2D eigenvalue weighted by Gasteiger charge is 2.07. The van der Waals surface area contributed by atoms with Gasteiger partial charge in [-0.1, -0.05) is 19.1 Å². The van der Waals surface area contributed by atoms with Gasteiger partial charge >= 0.3 is 0 Å². The fraction of sp³-hybridized carbons (Fsp3) is 0.200. The summed E-state index contributed by atoms with van der Waals surface area (Å²) in [5.74, 6) is -0.454. The highest BCUT2D eigenvalue weighted by Crippen LogP contribution is 2.14. The average Bonchev–Trinajstić information content (AvgIpc) is 2.18. The normalized spacial score (nSPS) is 10.4. The van der Waals surface area contributed by atoms with E-state index in [9.17, 15) is 9.90 Å². The third kappa shape index (κ3) is 2.58. The summed E-state index contributed by atoms with van der Waals surface area (Å²) in [6.07, 6.45) is 2.33. The monoisotopic (exact) mass is 192 g/mol. The summed E-state index contributed by atoms with van der Waals surface area (Å²) in [5.41, 5.74) is 2.53. The summed E-state index contributed by atoms with van der Waals surface area (Å²) in [6.45, 7) is 1.91. The molecule has 0 spiro atoms. The molecule has 4 nitrogen and oxygen atoms in total. The van der Waals surface area contributed by atoms with Crippen LogP contribution in [0.3, 0.4) is 0 Å². The summed E-state index contributed by atoms with van der Waals surface area (Å²) in [5, 5.41) is 13.0. The van der Waals surface area contributed by atoms with Gasteiger partial charge in [-0.25, -0.2) is 5.43 Å². The van der Waals surface area contributed by atoms with E-state index in [4.69, 9.17) is 0 Å². The van der Waals surface area contributed by atoms with Crippen LogP contribution in [0.15, 0.2) is 29.4 Å². The molecule has 0 fully saturated rings. The van der Waals surface area contributed by atoms with E-state index in [2.05, 4.69) is 10.5 Å². The van der Waals surface area contributed by atoms with Gasteiger partial charge in [-0.15, -0.1) is 0 Å². The largest absolute Gasteiger partial charge is 0.507 e. The molecular formula is C10H12N2O2. The Hall–Kier alpha value is -1.84. The number of hydrazone groups is 1. The molecule has 0 aliphatic carbocycles. The Balaban J connectivity index is 2.70. The lowest BCUT2D eigenvalue weighted by molar-refractivity contribution is 0.0952. The van der Waals surface area contributed by atoms with Gasteiger partial charge in [0.25, 0.3) is 5.91 Å². The number of nitrogens with one attached hydrogen (secondary N) is 1. The number of benzene rings is 1. The van der Waals surface area contributed by atoms with Crippen molar-refractivity contribution in [3.63, 3.8) is 0 Å². The zero-order valence-electron chi connectivity index (χ0n) is 7.90. The molecule has 14 heavy (non-hydrogen) atoms. The van der Waals surface area contributed by atoms with E-state index in [1.54, 1.807) is 18.3 Å². The summed E-state index contributed by atoms with van der Waals surface area (Å²) in [4.78, 5) is 11.4. The van der Waals surface area contributed by atoms with E-state index in [0.29, 0.717) is 0 Å². The first-order chi connectivity index (χ1) is 6.75. The molecule has 0 unspecified atom stereocenters. The van der Waals surface area contributed by atoms with Crippen molar-refractivity contribution in [2.45, 2.75) is 13.3 Å². The van der Waals surface area contributed by atoms with Gasteiger partial charge in [-0.3, -0.25) is 4.79 Å². The molecule has 1 rings (SSSR count). The summed E-state index contributed by atoms with van der Waals surface area (Å²) in [6, 6.07) is 6.32. The van der Waals surface area contributed by atoms with Gasteiger partial charge in [-0.05, 0) is 18.6 Å². The van der Waals surface area contributed by atoms with Gasteiger partial charge in [0.15, 0.2) is 0 Å². The number of amides is 1. The molecule has 0 saturated heterocycles. The molecule has 0 aliphatic rings. The van der Waals surface area contributed by atoms with Crippen molar-refractivity contribution in [2.24, 2.45) is 5.10 Å². The van der Waals surface area contributed by atoms with Gasteiger partial charge in [0.1, 0.15) is 5.75 Å². The minimum absolute atomic E-state index is 0.0447. The van der Waals surface area contributed by atoms with Crippen LogP contribution >= 0.6 is 0 Å². The molecule has 1 aromatic rings. The molecule has 0 bridgehead atoms. The van der Waals surface area contributed by atoms with Crippen LogP contribution in [0.25, 0.3) is 0 Å². The summed E-state index contributed by atoms with van der Waals surface area (Å²) >= 11 is 0. The van der Waals surface area contributed by atoms with Gasteiger partial charge in [0.2, 0.25) is 0 Å². The number of para-hydroxylation sites is 1. The Kier molecular flexibility index (Phi) is 3.67. The molecule has 0 atom stereocenters. The smallest absolute Gasteiger partial charge is 0.275 e. The highest BCUT2D eigenvalue weighted by molar-refractivity contribution is 5.96. The first-order valence-corrected chi connectivity index (χ1v) is 4.35. The predicted octanol–water partition coefficient (Wildman–Crippen LogP) is 1.52. The number of phenolic OH excluding ortho intramolecular Hbond substituents is 1. The van der Waals surface area contributed by atoms with Gasteiger partial charge in [0, 0.05) is 6.21 Å². The second-order valence-electron chi connectivity index (χ2n) is 2.68. The van der Waals surface area contributed by atoms with E-state index in [0.717, 1.165) is 6.42 Å². The lowest BCUT2D eigenvalue weighted by atomic mass is 10.2. The molecule has 0 radical (unpaired) electrons. The zero-order valence-corrected chi connectivity index (χ0v) is 7.90. The Morgan fingerprint density at radius 1 is 1.57 bits per heavy atom. The van der Waals surface area contributed by atoms with Gasteiger partial charge in [0.05, 0.1) is 5.56 Å². The van der Waals surface area contributed by atoms with Crippen molar-refractivity contribution < 1.29 is 9.90 Å². The molecule has 74 valence electrons. The van der Waals surface area contributed by atoms with Crippen molar-refractivity contribution in [1.82, 2.24) is 5.43 Å². The zero-order chi connectivity index (χ0) is 10.4. The molecule has 1 amide bonds. The maximum Gasteiger partial charge on any atom is 0.275 e. The van der Waals surface area contributed by atoms with Crippen molar-refractivity contribution in [3.05, 3.63) is 29.8 Å². The molecule has 4 heteroatoms. The molecule has 0 heterocycles. The number of carbonyl (C=O) groups is 1. The Morgan fingerprint density at radius 2 is 2.29 bits per heavy atom. The first kappa shape index (κ1) is 10.2. The SMILES string of the molecule is CC/C=N/NC(=O)c1ccccc1O. The van der Waals surface area contributed by atoms with Crippen LogP contribution in [0.2, 0.25) is 0 Å². The maximum atomic E-state index is 11.4. The molecule has 0 aliphatic heterocycles. The minimum Gasteiger partial charge on any atom is -0.507 e. The summed E-state index contributed by atoms with van der Waals surface area (Å²) in [7, 11) is 0. The fourth-order valence-electron chi connectivity index (χ4n) is 0.921. The van der Waals surface area contributed by atoms with Crippen LogP contribution in [0.5, 0.6) is 5.75 Å². The second kappa shape index (κ2) is 5.01. The maximum absolute atomic E-state index is 11.4. The average molecular weight is 192 g/mol. The quantitative estimate of drug-likeness (QED) is 0.563. The number of aromatic hydroxyl groups is 1. The second-order valence-corrected chi connectivity index (χ2v) is 2.68. The molecular weight excluding hydrogens is 180 g/mol. The van der Waals surface area contributed by atoms with E-state index in [-0.39, 0.29) is 11.3 Å². The highest BCUT2D eigenvalue weighted by atomic mass is 16.3.